The normalized spacial score (nSPS) is 10.4. The molecular formula is C14H14S2. The SMILES string of the molecule is Sc1ccccc1CCc1ccccc1S. The van der Waals surface area contributed by atoms with Crippen LogP contribution in [-0.4, -0.2) is 0 Å². The van der Waals surface area contributed by atoms with Gasteiger partial charge in [0.15, 0.2) is 0 Å². The molecule has 0 unspecified atom stereocenters. The van der Waals surface area contributed by atoms with Gasteiger partial charge in [-0.05, 0) is 36.1 Å². The predicted molar refractivity (Wildman–Crippen MR) is 74.8 cm³/mol. The van der Waals surface area contributed by atoms with Crippen LogP contribution in [0.2, 0.25) is 0 Å². The molecule has 0 bridgehead atoms. The van der Waals surface area contributed by atoms with Crippen molar-refractivity contribution in [3.63, 3.8) is 0 Å². The molecule has 0 nitrogen and oxygen atoms in total. The standard InChI is InChI=1S/C14H14S2/c15-13-7-3-1-5-11(13)9-10-12-6-2-4-8-14(12)16/h1-8,15-16H,9-10H2. The molecule has 0 saturated heterocycles. The Morgan fingerprint density at radius 2 is 1.00 bits per heavy atom. The van der Waals surface area contributed by atoms with Gasteiger partial charge in [0.2, 0.25) is 0 Å². The quantitative estimate of drug-likeness (QED) is 0.750. The molecule has 2 heteroatoms. The van der Waals surface area contributed by atoms with Gasteiger partial charge in [-0.2, -0.15) is 0 Å². The van der Waals surface area contributed by atoms with Gasteiger partial charge in [-0.15, -0.1) is 25.3 Å². The first-order valence-electron chi connectivity index (χ1n) is 5.31. The summed E-state index contributed by atoms with van der Waals surface area (Å²) in [5.74, 6) is 0. The molecule has 2 aromatic carbocycles. The molecule has 0 radical (unpaired) electrons. The predicted octanol–water partition coefficient (Wildman–Crippen LogP) is 4.05. The van der Waals surface area contributed by atoms with Gasteiger partial charge in [0, 0.05) is 9.79 Å². The summed E-state index contributed by atoms with van der Waals surface area (Å²) < 4.78 is 0. The van der Waals surface area contributed by atoms with Crippen LogP contribution >= 0.6 is 25.3 Å². The Bertz CT molecular complexity index is 432. The van der Waals surface area contributed by atoms with Crippen LogP contribution in [0.4, 0.5) is 0 Å². The summed E-state index contributed by atoms with van der Waals surface area (Å²) in [6.07, 6.45) is 2.02. The molecule has 82 valence electrons. The third-order valence-electron chi connectivity index (χ3n) is 2.65. The molecule has 0 aliphatic rings. The van der Waals surface area contributed by atoms with Gasteiger partial charge < -0.3 is 0 Å². The van der Waals surface area contributed by atoms with Crippen LogP contribution in [-0.2, 0) is 12.8 Å². The van der Waals surface area contributed by atoms with E-state index in [1.807, 2.05) is 24.3 Å². The Kier molecular flexibility index (Phi) is 3.97. The molecule has 0 heterocycles. The molecule has 0 aromatic heterocycles. The highest BCUT2D eigenvalue weighted by molar-refractivity contribution is 7.80. The number of hydrogen-bond acceptors (Lipinski definition) is 2. The van der Waals surface area contributed by atoms with Crippen molar-refractivity contribution in [2.24, 2.45) is 0 Å². The Balaban J connectivity index is 2.09. The van der Waals surface area contributed by atoms with Crippen LogP contribution in [0.5, 0.6) is 0 Å². The topological polar surface area (TPSA) is 0 Å². The summed E-state index contributed by atoms with van der Waals surface area (Å²) in [7, 11) is 0. The summed E-state index contributed by atoms with van der Waals surface area (Å²) >= 11 is 8.90. The fourth-order valence-corrected chi connectivity index (χ4v) is 2.26. The van der Waals surface area contributed by atoms with Gasteiger partial charge in [-0.3, -0.25) is 0 Å². The van der Waals surface area contributed by atoms with E-state index in [0.29, 0.717) is 0 Å². The second-order valence-corrected chi connectivity index (χ2v) is 4.72. The summed E-state index contributed by atoms with van der Waals surface area (Å²) in [6.45, 7) is 0. The highest BCUT2D eigenvalue weighted by atomic mass is 32.1. The Morgan fingerprint density at radius 3 is 1.38 bits per heavy atom. The van der Waals surface area contributed by atoms with E-state index in [9.17, 15) is 0 Å². The van der Waals surface area contributed by atoms with Gasteiger partial charge in [0.05, 0.1) is 0 Å². The maximum Gasteiger partial charge on any atom is 0.00721 e. The molecular weight excluding hydrogens is 232 g/mol. The third-order valence-corrected chi connectivity index (χ3v) is 3.52. The lowest BCUT2D eigenvalue weighted by Gasteiger charge is -2.06. The minimum absolute atomic E-state index is 1.01. The Hall–Kier alpha value is -0.860. The lowest BCUT2D eigenvalue weighted by atomic mass is 10.0. The maximum absolute atomic E-state index is 4.45. The van der Waals surface area contributed by atoms with Crippen molar-refractivity contribution in [2.45, 2.75) is 22.6 Å². The smallest absolute Gasteiger partial charge is 0.00721 e. The molecule has 0 saturated carbocycles. The second kappa shape index (κ2) is 5.46. The molecule has 0 aliphatic carbocycles. The Morgan fingerprint density at radius 1 is 0.625 bits per heavy atom. The zero-order valence-corrected chi connectivity index (χ0v) is 10.7. The van der Waals surface area contributed by atoms with Crippen molar-refractivity contribution in [1.29, 1.82) is 0 Å². The van der Waals surface area contributed by atoms with E-state index in [4.69, 9.17) is 0 Å². The van der Waals surface area contributed by atoms with Gasteiger partial charge in [-0.25, -0.2) is 0 Å². The average Bonchev–Trinajstić information content (AvgIpc) is 2.30. The molecule has 16 heavy (non-hydrogen) atoms. The van der Waals surface area contributed by atoms with Crippen LogP contribution in [0.25, 0.3) is 0 Å². The van der Waals surface area contributed by atoms with E-state index in [-0.39, 0.29) is 0 Å². The van der Waals surface area contributed by atoms with Gasteiger partial charge >= 0.3 is 0 Å². The lowest BCUT2D eigenvalue weighted by Crippen LogP contribution is -1.93. The van der Waals surface area contributed by atoms with Gasteiger partial charge in [0.1, 0.15) is 0 Å². The molecule has 0 atom stereocenters. The minimum Gasteiger partial charge on any atom is -0.143 e. The molecule has 0 N–H and O–H groups in total. The molecule has 0 amide bonds. The van der Waals surface area contributed by atoms with Crippen LogP contribution in [0.1, 0.15) is 11.1 Å². The Labute approximate surface area is 108 Å². The first-order chi connectivity index (χ1) is 7.77. The monoisotopic (exact) mass is 246 g/mol. The molecule has 2 rings (SSSR count). The minimum atomic E-state index is 1.01. The van der Waals surface area contributed by atoms with Crippen LogP contribution in [0, 0.1) is 0 Å². The fraction of sp³-hybridized carbons (Fsp3) is 0.143. The van der Waals surface area contributed by atoms with Crippen LogP contribution in [0.15, 0.2) is 58.3 Å². The highest BCUT2D eigenvalue weighted by Gasteiger charge is 2.01. The molecule has 2 aromatic rings. The third kappa shape index (κ3) is 2.83. The van der Waals surface area contributed by atoms with Crippen LogP contribution in [0.3, 0.4) is 0 Å². The van der Waals surface area contributed by atoms with Crippen molar-refractivity contribution in [3.05, 3.63) is 59.7 Å². The number of thiol groups is 2. The first kappa shape index (κ1) is 11.6. The van der Waals surface area contributed by atoms with Crippen molar-refractivity contribution in [2.75, 3.05) is 0 Å². The zero-order valence-electron chi connectivity index (χ0n) is 8.93. The largest absolute Gasteiger partial charge is 0.143 e. The number of rotatable bonds is 3. The summed E-state index contributed by atoms with van der Waals surface area (Å²) in [5, 5.41) is 0. The van der Waals surface area contributed by atoms with Gasteiger partial charge in [0.25, 0.3) is 0 Å². The van der Waals surface area contributed by atoms with E-state index in [0.717, 1.165) is 22.6 Å². The van der Waals surface area contributed by atoms with Crippen molar-refractivity contribution in [1.82, 2.24) is 0 Å². The van der Waals surface area contributed by atoms with E-state index in [2.05, 4.69) is 49.5 Å². The number of benzene rings is 2. The maximum atomic E-state index is 4.45. The van der Waals surface area contributed by atoms with E-state index in [1.165, 1.54) is 11.1 Å². The highest BCUT2D eigenvalue weighted by Crippen LogP contribution is 2.18. The van der Waals surface area contributed by atoms with Crippen LogP contribution < -0.4 is 0 Å². The van der Waals surface area contributed by atoms with E-state index in [1.54, 1.807) is 0 Å². The van der Waals surface area contributed by atoms with Crippen molar-refractivity contribution >= 4 is 25.3 Å². The summed E-state index contributed by atoms with van der Waals surface area (Å²) in [6, 6.07) is 16.5. The molecule has 0 spiro atoms. The zero-order chi connectivity index (χ0) is 11.4. The molecule has 0 aliphatic heterocycles. The van der Waals surface area contributed by atoms with Gasteiger partial charge in [-0.1, -0.05) is 36.4 Å². The van der Waals surface area contributed by atoms with E-state index >= 15 is 0 Å². The van der Waals surface area contributed by atoms with Crippen molar-refractivity contribution < 1.29 is 0 Å². The summed E-state index contributed by atoms with van der Waals surface area (Å²) in [4.78, 5) is 2.14. The summed E-state index contributed by atoms with van der Waals surface area (Å²) in [5.41, 5.74) is 2.59. The molecule has 0 fully saturated rings. The fourth-order valence-electron chi connectivity index (χ4n) is 1.71. The van der Waals surface area contributed by atoms with Crippen molar-refractivity contribution in [3.8, 4) is 0 Å². The average molecular weight is 246 g/mol. The first-order valence-corrected chi connectivity index (χ1v) is 6.20. The lowest BCUT2D eigenvalue weighted by molar-refractivity contribution is 0.916. The van der Waals surface area contributed by atoms with E-state index < -0.39 is 0 Å². The number of hydrogen-bond donors (Lipinski definition) is 2. The number of aryl methyl sites for hydroxylation is 2. The second-order valence-electron chi connectivity index (χ2n) is 3.76.